The molecule has 5 nitrogen and oxygen atoms in total. The van der Waals surface area contributed by atoms with Crippen molar-refractivity contribution in [3.05, 3.63) is 53.8 Å². The second kappa shape index (κ2) is 7.31. The normalized spacial score (nSPS) is 13.8. The van der Waals surface area contributed by atoms with E-state index in [9.17, 15) is 14.0 Å². The number of nitrogens with one attached hydrogen (secondary N) is 1. The molecule has 1 heterocycles. The van der Waals surface area contributed by atoms with Crippen molar-refractivity contribution in [1.82, 2.24) is 0 Å². The third-order valence-electron chi connectivity index (χ3n) is 3.70. The maximum Gasteiger partial charge on any atom is 0.276 e. The number of alkyl halides is 3. The van der Waals surface area contributed by atoms with Crippen LogP contribution in [0.5, 0.6) is 5.75 Å². The molecule has 9 heteroatoms. The molecule has 136 valence electrons. The summed E-state index contributed by atoms with van der Waals surface area (Å²) >= 11 is 16.6. The van der Waals surface area contributed by atoms with Gasteiger partial charge in [-0.05, 0) is 18.2 Å². The lowest BCUT2D eigenvalue weighted by Crippen LogP contribution is -2.38. The molecule has 0 atom stereocenters. The second-order valence-corrected chi connectivity index (χ2v) is 7.78. The third-order valence-corrected chi connectivity index (χ3v) is 4.22. The Kier molecular flexibility index (Phi) is 5.27. The highest BCUT2D eigenvalue weighted by atomic mass is 35.6. The summed E-state index contributed by atoms with van der Waals surface area (Å²) in [5.41, 5.74) is 1.17. The van der Waals surface area contributed by atoms with E-state index in [4.69, 9.17) is 39.5 Å². The van der Waals surface area contributed by atoms with E-state index >= 15 is 0 Å². The van der Waals surface area contributed by atoms with Crippen LogP contribution in [-0.2, 0) is 16.1 Å². The first-order chi connectivity index (χ1) is 12.3. The van der Waals surface area contributed by atoms with Crippen LogP contribution < -0.4 is 15.0 Å². The first kappa shape index (κ1) is 18.8. The van der Waals surface area contributed by atoms with E-state index in [1.807, 2.05) is 0 Å². The average Bonchev–Trinajstić information content (AvgIpc) is 2.58. The SMILES string of the molecule is O=C1COc2cc(NC(=O)C(Cl)(Cl)Cl)ccc2N1Cc1ccccc1F. The first-order valence-electron chi connectivity index (χ1n) is 7.44. The van der Waals surface area contributed by atoms with Crippen LogP contribution in [0.4, 0.5) is 15.8 Å². The predicted octanol–water partition coefficient (Wildman–Crippen LogP) is 4.06. The van der Waals surface area contributed by atoms with Gasteiger partial charge in [-0.2, -0.15) is 0 Å². The quantitative estimate of drug-likeness (QED) is 0.766. The molecule has 26 heavy (non-hydrogen) atoms. The average molecular weight is 418 g/mol. The molecule has 0 aliphatic carbocycles. The van der Waals surface area contributed by atoms with Crippen LogP contribution in [0, 0.1) is 5.82 Å². The second-order valence-electron chi connectivity index (χ2n) is 5.49. The molecule has 1 aliphatic heterocycles. The van der Waals surface area contributed by atoms with Gasteiger partial charge in [-0.25, -0.2) is 4.39 Å². The van der Waals surface area contributed by atoms with Crippen molar-refractivity contribution in [3.63, 3.8) is 0 Å². The van der Waals surface area contributed by atoms with Gasteiger partial charge in [-0.15, -0.1) is 0 Å². The molecule has 0 radical (unpaired) electrons. The lowest BCUT2D eigenvalue weighted by Gasteiger charge is -2.30. The summed E-state index contributed by atoms with van der Waals surface area (Å²) < 4.78 is 17.2. The van der Waals surface area contributed by atoms with Gasteiger partial charge < -0.3 is 15.0 Å². The third kappa shape index (κ3) is 4.03. The molecule has 0 saturated heterocycles. The molecule has 0 saturated carbocycles. The van der Waals surface area contributed by atoms with Gasteiger partial charge in [-0.1, -0.05) is 53.0 Å². The van der Waals surface area contributed by atoms with Gasteiger partial charge in [0.2, 0.25) is 0 Å². The molecule has 0 bridgehead atoms. The number of halogens is 4. The molecule has 0 unspecified atom stereocenters. The molecule has 0 fully saturated rings. The highest BCUT2D eigenvalue weighted by molar-refractivity contribution is 6.76. The molecule has 1 aliphatic rings. The Morgan fingerprint density at radius 2 is 1.96 bits per heavy atom. The van der Waals surface area contributed by atoms with Gasteiger partial charge in [0.1, 0.15) is 11.6 Å². The number of amides is 2. The fourth-order valence-electron chi connectivity index (χ4n) is 2.45. The van der Waals surface area contributed by atoms with Gasteiger partial charge in [0, 0.05) is 17.3 Å². The van der Waals surface area contributed by atoms with Crippen molar-refractivity contribution < 1.29 is 18.7 Å². The zero-order chi connectivity index (χ0) is 18.9. The van der Waals surface area contributed by atoms with E-state index < -0.39 is 15.5 Å². The van der Waals surface area contributed by atoms with Gasteiger partial charge in [0.05, 0.1) is 12.2 Å². The van der Waals surface area contributed by atoms with E-state index in [2.05, 4.69) is 5.32 Å². The number of fused-ring (bicyclic) bond motifs is 1. The predicted molar refractivity (Wildman–Crippen MR) is 98.4 cm³/mol. The first-order valence-corrected chi connectivity index (χ1v) is 8.58. The number of rotatable bonds is 3. The molecule has 2 amide bonds. The number of carbonyl (C=O) groups excluding carboxylic acids is 2. The number of carbonyl (C=O) groups is 2. The molecule has 0 spiro atoms. The number of ether oxygens (including phenoxy) is 1. The number of anilines is 2. The largest absolute Gasteiger partial charge is 0.481 e. The molecule has 2 aromatic rings. The molecular formula is C17H12Cl3FN2O3. The maximum atomic E-state index is 13.9. The van der Waals surface area contributed by atoms with Gasteiger partial charge in [0.25, 0.3) is 15.6 Å². The molecule has 3 rings (SSSR count). The summed E-state index contributed by atoms with van der Waals surface area (Å²) in [6, 6.07) is 10.8. The Bertz CT molecular complexity index is 871. The minimum absolute atomic E-state index is 0.0573. The summed E-state index contributed by atoms with van der Waals surface area (Å²) in [5.74, 6) is -1.18. The van der Waals surface area contributed by atoms with Crippen LogP contribution in [0.1, 0.15) is 5.56 Å². The fraction of sp³-hybridized carbons (Fsp3) is 0.176. The van der Waals surface area contributed by atoms with Crippen LogP contribution in [0.2, 0.25) is 0 Å². The fourth-order valence-corrected chi connectivity index (χ4v) is 2.60. The van der Waals surface area contributed by atoms with Crippen molar-refractivity contribution >= 4 is 58.0 Å². The van der Waals surface area contributed by atoms with Gasteiger partial charge in [0.15, 0.2) is 6.61 Å². The van der Waals surface area contributed by atoms with Crippen LogP contribution in [0.3, 0.4) is 0 Å². The van der Waals surface area contributed by atoms with E-state index in [0.717, 1.165) is 0 Å². The minimum atomic E-state index is -2.11. The zero-order valence-corrected chi connectivity index (χ0v) is 15.4. The van der Waals surface area contributed by atoms with E-state index in [0.29, 0.717) is 22.7 Å². The van der Waals surface area contributed by atoms with Crippen molar-refractivity contribution in [2.75, 3.05) is 16.8 Å². The number of hydrogen-bond donors (Lipinski definition) is 1. The molecule has 2 aromatic carbocycles. The summed E-state index contributed by atoms with van der Waals surface area (Å²) in [6.07, 6.45) is 0. The smallest absolute Gasteiger partial charge is 0.276 e. The Morgan fingerprint density at radius 3 is 2.65 bits per heavy atom. The molecular weight excluding hydrogens is 406 g/mol. The standard InChI is InChI=1S/C17H12Cl3FN2O3/c18-17(19,20)16(25)22-11-5-6-13-14(7-11)26-9-15(24)23(13)8-10-3-1-2-4-12(10)21/h1-7H,8-9H2,(H,22,25). The van der Waals surface area contributed by atoms with E-state index in [-0.39, 0.29) is 19.1 Å². The van der Waals surface area contributed by atoms with E-state index in [1.165, 1.54) is 23.1 Å². The Morgan fingerprint density at radius 1 is 1.23 bits per heavy atom. The topological polar surface area (TPSA) is 58.6 Å². The van der Waals surface area contributed by atoms with E-state index in [1.54, 1.807) is 24.3 Å². The van der Waals surface area contributed by atoms with Crippen molar-refractivity contribution in [1.29, 1.82) is 0 Å². The summed E-state index contributed by atoms with van der Waals surface area (Å²) in [6.45, 7) is -0.148. The Balaban J connectivity index is 1.87. The number of nitrogens with zero attached hydrogens (tertiary/aromatic N) is 1. The maximum absolute atomic E-state index is 13.9. The summed E-state index contributed by atoms with van der Waals surface area (Å²) in [4.78, 5) is 25.4. The highest BCUT2D eigenvalue weighted by Gasteiger charge is 2.31. The summed E-state index contributed by atoms with van der Waals surface area (Å²) in [5, 5.41) is 2.44. The van der Waals surface area contributed by atoms with Crippen LogP contribution in [0.15, 0.2) is 42.5 Å². The van der Waals surface area contributed by atoms with Crippen LogP contribution in [0.25, 0.3) is 0 Å². The number of hydrogen-bond acceptors (Lipinski definition) is 3. The minimum Gasteiger partial charge on any atom is -0.481 e. The molecule has 1 N–H and O–H groups in total. The molecule has 0 aromatic heterocycles. The monoisotopic (exact) mass is 416 g/mol. The van der Waals surface area contributed by atoms with Crippen molar-refractivity contribution in [2.24, 2.45) is 0 Å². The Labute approximate surface area is 163 Å². The Hall–Kier alpha value is -2.02. The van der Waals surface area contributed by atoms with Crippen molar-refractivity contribution in [3.8, 4) is 5.75 Å². The highest BCUT2D eigenvalue weighted by Crippen LogP contribution is 2.36. The van der Waals surface area contributed by atoms with Crippen LogP contribution in [-0.4, -0.2) is 22.2 Å². The van der Waals surface area contributed by atoms with Crippen LogP contribution >= 0.6 is 34.8 Å². The lowest BCUT2D eigenvalue weighted by atomic mass is 10.1. The number of benzene rings is 2. The summed E-state index contributed by atoms with van der Waals surface area (Å²) in [7, 11) is 0. The lowest BCUT2D eigenvalue weighted by molar-refractivity contribution is -0.121. The van der Waals surface area contributed by atoms with Gasteiger partial charge in [-0.3, -0.25) is 9.59 Å². The van der Waals surface area contributed by atoms with Crippen molar-refractivity contribution in [2.45, 2.75) is 10.3 Å². The zero-order valence-electron chi connectivity index (χ0n) is 13.1. The van der Waals surface area contributed by atoms with Gasteiger partial charge >= 0.3 is 0 Å².